The number of likely N-dealkylation sites (N-methyl/N-ethyl adjacent to an activating group) is 1. The molecule has 1 aromatic heterocycles. The number of hydrogen-bond acceptors (Lipinski definition) is 3. The lowest BCUT2D eigenvalue weighted by atomic mass is 10.3. The summed E-state index contributed by atoms with van der Waals surface area (Å²) in [6.45, 7) is 0.813. The van der Waals surface area contributed by atoms with E-state index >= 15 is 0 Å². The van der Waals surface area contributed by atoms with Crippen LogP contribution in [0.5, 0.6) is 0 Å². The average Bonchev–Trinajstić information content (AvgIpc) is 2.67. The Morgan fingerprint density at radius 3 is 3.00 bits per heavy atom. The van der Waals surface area contributed by atoms with E-state index in [4.69, 9.17) is 0 Å². The summed E-state index contributed by atoms with van der Waals surface area (Å²) in [5.74, 6) is 0.502. The van der Waals surface area contributed by atoms with Crippen LogP contribution in [0.1, 0.15) is 5.82 Å². The number of rotatable bonds is 5. The van der Waals surface area contributed by atoms with Gasteiger partial charge in [-0.1, -0.05) is 0 Å². The van der Waals surface area contributed by atoms with Crippen LogP contribution in [-0.2, 0) is 18.3 Å². The molecule has 0 aliphatic heterocycles. The van der Waals surface area contributed by atoms with Crippen molar-refractivity contribution < 1.29 is 9.18 Å². The molecule has 0 aliphatic rings. The molecule has 0 bridgehead atoms. The fraction of sp³-hybridized carbons (Fsp3) is 0.385. The first-order valence-electron chi connectivity index (χ1n) is 6.14. The Hall–Kier alpha value is -1.95. The highest BCUT2D eigenvalue weighted by atomic mass is 19.1. The molecule has 0 fully saturated rings. The van der Waals surface area contributed by atoms with Gasteiger partial charge in [-0.2, -0.15) is 0 Å². The van der Waals surface area contributed by atoms with Gasteiger partial charge in [0.05, 0.1) is 17.6 Å². The summed E-state index contributed by atoms with van der Waals surface area (Å²) < 4.78 is 15.0. The van der Waals surface area contributed by atoms with Crippen molar-refractivity contribution in [2.24, 2.45) is 7.05 Å². The maximum absolute atomic E-state index is 13.2. The van der Waals surface area contributed by atoms with Crippen molar-refractivity contribution in [3.05, 3.63) is 29.8 Å². The second-order valence-corrected chi connectivity index (χ2v) is 4.35. The average molecular weight is 264 g/mol. The van der Waals surface area contributed by atoms with E-state index in [1.807, 2.05) is 11.6 Å². The van der Waals surface area contributed by atoms with Crippen molar-refractivity contribution in [2.45, 2.75) is 6.42 Å². The Morgan fingerprint density at radius 2 is 2.26 bits per heavy atom. The number of hydrogen-bond donors (Lipinski definition) is 2. The third kappa shape index (κ3) is 3.08. The van der Waals surface area contributed by atoms with E-state index < -0.39 is 0 Å². The van der Waals surface area contributed by atoms with Gasteiger partial charge in [0.25, 0.3) is 0 Å². The van der Waals surface area contributed by atoms with Gasteiger partial charge >= 0.3 is 0 Å². The minimum absolute atomic E-state index is 0.0488. The number of imidazole rings is 1. The Bertz CT molecular complexity index is 594. The smallest absolute Gasteiger partial charge is 0.233 e. The van der Waals surface area contributed by atoms with Gasteiger partial charge < -0.3 is 15.2 Å². The Kier molecular flexibility index (Phi) is 4.11. The van der Waals surface area contributed by atoms with E-state index in [9.17, 15) is 9.18 Å². The Balaban J connectivity index is 2.05. The molecule has 0 saturated carbocycles. The normalized spacial score (nSPS) is 10.9. The van der Waals surface area contributed by atoms with Crippen LogP contribution in [0.25, 0.3) is 11.0 Å². The number of amides is 1. The van der Waals surface area contributed by atoms with Crippen molar-refractivity contribution in [3.8, 4) is 0 Å². The molecule has 5 nitrogen and oxygen atoms in total. The van der Waals surface area contributed by atoms with Crippen LogP contribution >= 0.6 is 0 Å². The Labute approximate surface area is 110 Å². The van der Waals surface area contributed by atoms with Gasteiger partial charge in [-0.3, -0.25) is 4.79 Å². The summed E-state index contributed by atoms with van der Waals surface area (Å²) in [7, 11) is 3.57. The van der Waals surface area contributed by atoms with Gasteiger partial charge in [0.15, 0.2) is 0 Å². The van der Waals surface area contributed by atoms with Gasteiger partial charge in [0, 0.05) is 20.0 Å². The first-order valence-corrected chi connectivity index (χ1v) is 6.14. The Morgan fingerprint density at radius 1 is 1.47 bits per heavy atom. The molecular formula is C13H17FN4O. The largest absolute Gasteiger partial charge is 0.355 e. The summed E-state index contributed by atoms with van der Waals surface area (Å²) >= 11 is 0. The monoisotopic (exact) mass is 264 g/mol. The number of carbonyl (C=O) groups is 1. The zero-order valence-corrected chi connectivity index (χ0v) is 11.0. The van der Waals surface area contributed by atoms with E-state index in [0.717, 1.165) is 16.9 Å². The number of fused-ring (bicyclic) bond motifs is 1. The number of nitrogens with zero attached hydrogens (tertiary/aromatic N) is 2. The van der Waals surface area contributed by atoms with E-state index in [2.05, 4.69) is 15.6 Å². The number of carbonyl (C=O) groups excluding carboxylic acids is 1. The summed E-state index contributed by atoms with van der Waals surface area (Å²) in [6.07, 6.45) is 0.613. The predicted molar refractivity (Wildman–Crippen MR) is 71.3 cm³/mol. The summed E-state index contributed by atoms with van der Waals surface area (Å²) in [6, 6.07) is 4.52. The molecule has 102 valence electrons. The second kappa shape index (κ2) is 5.79. The summed E-state index contributed by atoms with van der Waals surface area (Å²) in [4.78, 5) is 15.7. The maximum atomic E-state index is 13.2. The van der Waals surface area contributed by atoms with Gasteiger partial charge in [0.1, 0.15) is 11.6 Å². The van der Waals surface area contributed by atoms with E-state index in [1.165, 1.54) is 12.1 Å². The van der Waals surface area contributed by atoms with Gasteiger partial charge in [-0.25, -0.2) is 9.37 Å². The van der Waals surface area contributed by atoms with Crippen LogP contribution in [-0.4, -0.2) is 35.6 Å². The zero-order valence-electron chi connectivity index (χ0n) is 11.0. The third-order valence-corrected chi connectivity index (χ3v) is 2.94. The van der Waals surface area contributed by atoms with Crippen LogP contribution in [0.15, 0.2) is 18.2 Å². The van der Waals surface area contributed by atoms with Crippen LogP contribution in [0, 0.1) is 5.82 Å². The van der Waals surface area contributed by atoms with E-state index in [0.29, 0.717) is 19.5 Å². The van der Waals surface area contributed by atoms with Crippen molar-refractivity contribution in [1.82, 2.24) is 20.2 Å². The van der Waals surface area contributed by atoms with Crippen molar-refractivity contribution >= 4 is 16.9 Å². The molecule has 6 heteroatoms. The highest BCUT2D eigenvalue weighted by Crippen LogP contribution is 2.16. The molecule has 0 aliphatic carbocycles. The van der Waals surface area contributed by atoms with Gasteiger partial charge in [-0.15, -0.1) is 0 Å². The molecular weight excluding hydrogens is 247 g/mol. The van der Waals surface area contributed by atoms with E-state index in [-0.39, 0.29) is 11.7 Å². The number of aryl methyl sites for hydroxylation is 1. The number of halogens is 1. The lowest BCUT2D eigenvalue weighted by molar-refractivity contribution is -0.120. The predicted octanol–water partition coefficient (Wildman–Crippen LogP) is 0.590. The SMILES string of the molecule is CNCC(=O)NCCc1nc2ccc(F)cc2n1C. The third-order valence-electron chi connectivity index (χ3n) is 2.94. The molecule has 2 N–H and O–H groups in total. The van der Waals surface area contributed by atoms with Crippen LogP contribution in [0.4, 0.5) is 4.39 Å². The number of nitrogens with one attached hydrogen (secondary N) is 2. The molecule has 1 heterocycles. The minimum Gasteiger partial charge on any atom is -0.355 e. The van der Waals surface area contributed by atoms with E-state index in [1.54, 1.807) is 13.1 Å². The number of aromatic nitrogens is 2. The molecule has 1 aromatic carbocycles. The molecule has 19 heavy (non-hydrogen) atoms. The molecule has 0 atom stereocenters. The fourth-order valence-electron chi connectivity index (χ4n) is 1.97. The van der Waals surface area contributed by atoms with Gasteiger partial charge in [0.2, 0.25) is 5.91 Å². The molecule has 0 radical (unpaired) electrons. The molecule has 1 amide bonds. The standard InChI is InChI=1S/C13H17FN4O/c1-15-8-13(19)16-6-5-12-17-10-4-3-9(14)7-11(10)18(12)2/h3-4,7,15H,5-6,8H2,1-2H3,(H,16,19). The van der Waals surface area contributed by atoms with Crippen molar-refractivity contribution in [2.75, 3.05) is 20.1 Å². The van der Waals surface area contributed by atoms with Gasteiger partial charge in [-0.05, 0) is 25.2 Å². The number of benzene rings is 1. The minimum atomic E-state index is -0.274. The topological polar surface area (TPSA) is 59.0 Å². The molecule has 0 unspecified atom stereocenters. The maximum Gasteiger partial charge on any atom is 0.233 e. The zero-order chi connectivity index (χ0) is 13.8. The van der Waals surface area contributed by atoms with Crippen molar-refractivity contribution in [1.29, 1.82) is 0 Å². The highest BCUT2D eigenvalue weighted by molar-refractivity contribution is 5.78. The molecule has 2 aromatic rings. The first-order chi connectivity index (χ1) is 9.11. The van der Waals surface area contributed by atoms with Crippen LogP contribution in [0.3, 0.4) is 0 Å². The van der Waals surface area contributed by atoms with Crippen molar-refractivity contribution in [3.63, 3.8) is 0 Å². The lowest BCUT2D eigenvalue weighted by Gasteiger charge is -2.05. The first kappa shape index (κ1) is 13.5. The summed E-state index contributed by atoms with van der Waals surface area (Å²) in [5.41, 5.74) is 1.53. The van der Waals surface area contributed by atoms with Crippen LogP contribution in [0.2, 0.25) is 0 Å². The van der Waals surface area contributed by atoms with Crippen LogP contribution < -0.4 is 10.6 Å². The summed E-state index contributed by atoms with van der Waals surface area (Å²) in [5, 5.41) is 5.57. The highest BCUT2D eigenvalue weighted by Gasteiger charge is 2.08. The lowest BCUT2D eigenvalue weighted by Crippen LogP contribution is -2.33. The molecule has 0 spiro atoms. The fourth-order valence-corrected chi connectivity index (χ4v) is 1.97. The molecule has 2 rings (SSSR count). The quantitative estimate of drug-likeness (QED) is 0.831. The molecule has 0 saturated heterocycles. The second-order valence-electron chi connectivity index (χ2n) is 4.35.